The van der Waals surface area contributed by atoms with E-state index < -0.39 is 11.7 Å². The summed E-state index contributed by atoms with van der Waals surface area (Å²) < 4.78 is 37.6. The normalized spacial score (nSPS) is 30.7. The maximum absolute atomic E-state index is 12.5. The molecule has 0 saturated carbocycles. The molecular weight excluding hydrogens is 265 g/mol. The number of hydrogen-bond acceptors (Lipinski definition) is 2. The molecule has 20 heavy (non-hydrogen) atoms. The van der Waals surface area contributed by atoms with E-state index in [1.54, 1.807) is 12.1 Å². The first-order valence-electron chi connectivity index (χ1n) is 7.11. The Balaban J connectivity index is 1.70. The summed E-state index contributed by atoms with van der Waals surface area (Å²) in [6.45, 7) is 0.736. The number of piperidine rings is 1. The third-order valence-electron chi connectivity index (χ3n) is 4.57. The van der Waals surface area contributed by atoms with E-state index in [1.165, 1.54) is 25.0 Å². The van der Waals surface area contributed by atoms with Crippen molar-refractivity contribution in [2.24, 2.45) is 5.73 Å². The molecule has 2 fully saturated rings. The molecule has 0 radical (unpaired) electrons. The van der Waals surface area contributed by atoms with Gasteiger partial charge in [-0.1, -0.05) is 12.1 Å². The summed E-state index contributed by atoms with van der Waals surface area (Å²) >= 11 is 0. The van der Waals surface area contributed by atoms with Crippen molar-refractivity contribution in [1.82, 2.24) is 4.90 Å². The van der Waals surface area contributed by atoms with Gasteiger partial charge in [0.1, 0.15) is 0 Å². The van der Waals surface area contributed by atoms with Crippen LogP contribution in [0.1, 0.15) is 36.8 Å². The van der Waals surface area contributed by atoms with Gasteiger partial charge in [-0.15, -0.1) is 0 Å². The number of nitrogens with zero attached hydrogens (tertiary/aromatic N) is 1. The molecule has 3 rings (SSSR count). The molecule has 2 nitrogen and oxygen atoms in total. The van der Waals surface area contributed by atoms with Crippen molar-refractivity contribution < 1.29 is 13.2 Å². The second kappa shape index (κ2) is 5.04. The van der Waals surface area contributed by atoms with Crippen LogP contribution in [0.15, 0.2) is 24.3 Å². The summed E-state index contributed by atoms with van der Waals surface area (Å²) in [7, 11) is 0. The first-order valence-corrected chi connectivity index (χ1v) is 7.11. The third-order valence-corrected chi connectivity index (χ3v) is 4.57. The number of rotatable bonds is 2. The Morgan fingerprint density at radius 2 is 1.60 bits per heavy atom. The Kier molecular flexibility index (Phi) is 3.50. The summed E-state index contributed by atoms with van der Waals surface area (Å²) in [6.07, 6.45) is 0.0989. The Bertz CT molecular complexity index is 455. The number of hydrogen-bond donors (Lipinski definition) is 1. The van der Waals surface area contributed by atoms with E-state index in [0.29, 0.717) is 12.1 Å². The Morgan fingerprint density at radius 1 is 1.05 bits per heavy atom. The Labute approximate surface area is 116 Å². The number of nitrogens with two attached hydrogens (primary N) is 1. The van der Waals surface area contributed by atoms with Crippen LogP contribution in [-0.4, -0.2) is 23.0 Å². The van der Waals surface area contributed by atoms with Gasteiger partial charge in [-0.2, -0.15) is 13.2 Å². The average molecular weight is 284 g/mol. The fourth-order valence-electron chi connectivity index (χ4n) is 3.58. The number of fused-ring (bicyclic) bond motifs is 2. The summed E-state index contributed by atoms with van der Waals surface area (Å²) in [5.41, 5.74) is 6.40. The molecule has 2 heterocycles. The van der Waals surface area contributed by atoms with E-state index in [0.717, 1.165) is 24.9 Å². The topological polar surface area (TPSA) is 29.3 Å². The lowest BCUT2D eigenvalue weighted by Crippen LogP contribution is -2.46. The second-order valence-electron chi connectivity index (χ2n) is 5.98. The van der Waals surface area contributed by atoms with Gasteiger partial charge in [-0.25, -0.2) is 0 Å². The van der Waals surface area contributed by atoms with E-state index in [-0.39, 0.29) is 6.04 Å². The monoisotopic (exact) mass is 284 g/mol. The van der Waals surface area contributed by atoms with Gasteiger partial charge in [0.2, 0.25) is 0 Å². The fraction of sp³-hybridized carbons (Fsp3) is 0.600. The van der Waals surface area contributed by atoms with Crippen LogP contribution >= 0.6 is 0 Å². The highest BCUT2D eigenvalue weighted by molar-refractivity contribution is 5.25. The summed E-state index contributed by atoms with van der Waals surface area (Å²) in [5, 5.41) is 0. The predicted molar refractivity (Wildman–Crippen MR) is 71.0 cm³/mol. The van der Waals surface area contributed by atoms with Crippen molar-refractivity contribution in [3.8, 4) is 0 Å². The average Bonchev–Trinajstić information content (AvgIpc) is 2.62. The molecule has 0 aromatic heterocycles. The predicted octanol–water partition coefficient (Wildman–Crippen LogP) is 3.16. The smallest absolute Gasteiger partial charge is 0.328 e. The highest BCUT2D eigenvalue weighted by atomic mass is 19.4. The lowest BCUT2D eigenvalue weighted by molar-refractivity contribution is -0.137. The minimum atomic E-state index is -4.25. The van der Waals surface area contributed by atoms with Crippen LogP contribution in [0.3, 0.4) is 0 Å². The molecule has 2 aliphatic rings. The van der Waals surface area contributed by atoms with Crippen LogP contribution in [0.4, 0.5) is 13.2 Å². The van der Waals surface area contributed by atoms with Gasteiger partial charge in [0.15, 0.2) is 0 Å². The molecule has 2 aliphatic heterocycles. The molecule has 5 heteroatoms. The fourth-order valence-corrected chi connectivity index (χ4v) is 3.58. The molecule has 0 spiro atoms. The minimum Gasteiger partial charge on any atom is -0.328 e. The molecule has 2 N–H and O–H groups in total. The van der Waals surface area contributed by atoms with Gasteiger partial charge in [-0.05, 0) is 43.4 Å². The van der Waals surface area contributed by atoms with E-state index in [4.69, 9.17) is 5.73 Å². The lowest BCUT2D eigenvalue weighted by atomic mass is 9.97. The van der Waals surface area contributed by atoms with Gasteiger partial charge in [-0.3, -0.25) is 4.90 Å². The molecule has 2 saturated heterocycles. The zero-order chi connectivity index (χ0) is 14.3. The lowest BCUT2D eigenvalue weighted by Gasteiger charge is -2.37. The number of halogens is 3. The van der Waals surface area contributed by atoms with Crippen molar-refractivity contribution in [3.63, 3.8) is 0 Å². The van der Waals surface area contributed by atoms with Gasteiger partial charge in [0.05, 0.1) is 5.56 Å². The zero-order valence-electron chi connectivity index (χ0n) is 11.2. The van der Waals surface area contributed by atoms with E-state index in [9.17, 15) is 13.2 Å². The van der Waals surface area contributed by atoms with Crippen LogP contribution in [0, 0.1) is 0 Å². The third kappa shape index (κ3) is 2.69. The van der Waals surface area contributed by atoms with E-state index >= 15 is 0 Å². The van der Waals surface area contributed by atoms with Gasteiger partial charge >= 0.3 is 6.18 Å². The Morgan fingerprint density at radius 3 is 2.10 bits per heavy atom. The van der Waals surface area contributed by atoms with Crippen LogP contribution in [0.25, 0.3) is 0 Å². The first-order chi connectivity index (χ1) is 9.43. The maximum atomic E-state index is 12.5. The van der Waals surface area contributed by atoms with Crippen LogP contribution < -0.4 is 5.73 Å². The maximum Gasteiger partial charge on any atom is 0.416 e. The molecule has 2 bridgehead atoms. The van der Waals surface area contributed by atoms with Gasteiger partial charge in [0, 0.05) is 24.7 Å². The highest BCUT2D eigenvalue weighted by Crippen LogP contribution is 2.36. The van der Waals surface area contributed by atoms with Crippen LogP contribution in [0.5, 0.6) is 0 Å². The quantitative estimate of drug-likeness (QED) is 0.904. The highest BCUT2D eigenvalue weighted by Gasteiger charge is 2.39. The van der Waals surface area contributed by atoms with Gasteiger partial charge in [0.25, 0.3) is 0 Å². The zero-order valence-corrected chi connectivity index (χ0v) is 11.2. The largest absolute Gasteiger partial charge is 0.416 e. The standard InChI is InChI=1S/C15H19F3N2/c16-15(17,18)11-3-1-10(2-4-11)9-20-13-5-6-14(20)8-12(19)7-13/h1-4,12-14H,5-9,19H2/t12?,13-,14+. The summed E-state index contributed by atoms with van der Waals surface area (Å²) in [5.74, 6) is 0. The number of alkyl halides is 3. The number of benzene rings is 1. The first kappa shape index (κ1) is 13.9. The van der Waals surface area contributed by atoms with E-state index in [1.807, 2.05) is 0 Å². The van der Waals surface area contributed by atoms with Crippen LogP contribution in [-0.2, 0) is 12.7 Å². The van der Waals surface area contributed by atoms with Crippen LogP contribution in [0.2, 0.25) is 0 Å². The molecule has 1 unspecified atom stereocenters. The van der Waals surface area contributed by atoms with E-state index in [2.05, 4.69) is 4.90 Å². The second-order valence-corrected chi connectivity index (χ2v) is 5.98. The van der Waals surface area contributed by atoms with Crippen molar-refractivity contribution in [1.29, 1.82) is 0 Å². The summed E-state index contributed by atoms with van der Waals surface area (Å²) in [4.78, 5) is 2.42. The molecule has 0 amide bonds. The minimum absolute atomic E-state index is 0.288. The van der Waals surface area contributed by atoms with Gasteiger partial charge < -0.3 is 5.73 Å². The molecule has 3 atom stereocenters. The van der Waals surface area contributed by atoms with Crippen molar-refractivity contribution in [2.45, 2.75) is 56.5 Å². The summed E-state index contributed by atoms with van der Waals surface area (Å²) in [6, 6.07) is 6.83. The molecule has 0 aliphatic carbocycles. The molecular formula is C15H19F3N2. The van der Waals surface area contributed by atoms with Crippen molar-refractivity contribution in [3.05, 3.63) is 35.4 Å². The van der Waals surface area contributed by atoms with Crippen molar-refractivity contribution in [2.75, 3.05) is 0 Å². The molecule has 1 aromatic rings. The Hall–Kier alpha value is -1.07. The molecule has 110 valence electrons. The SMILES string of the molecule is NC1C[C@H]2CC[C@@H](C1)N2Cc1ccc(C(F)(F)F)cc1. The van der Waals surface area contributed by atoms with Crippen molar-refractivity contribution >= 4 is 0 Å². The molecule has 1 aromatic carbocycles.